The second-order valence-electron chi connectivity index (χ2n) is 4.00. The monoisotopic (exact) mass is 283 g/mol. The van der Waals surface area contributed by atoms with Gasteiger partial charge in [-0.15, -0.1) is 0 Å². The number of benzene rings is 2. The van der Waals surface area contributed by atoms with Crippen LogP contribution in [0.25, 0.3) is 0 Å². The molecule has 2 aromatic rings. The average molecular weight is 284 g/mol. The molecule has 1 N–H and O–H groups in total. The number of halogens is 3. The van der Waals surface area contributed by atoms with E-state index in [-0.39, 0.29) is 5.82 Å². The molecular weight excluding hydrogens is 272 g/mol. The summed E-state index contributed by atoms with van der Waals surface area (Å²) < 4.78 is 13.5. The summed E-state index contributed by atoms with van der Waals surface area (Å²) in [6.45, 7) is 2.28. The van der Waals surface area contributed by atoms with Gasteiger partial charge in [0.25, 0.3) is 0 Å². The third kappa shape index (κ3) is 2.95. The maximum absolute atomic E-state index is 13.5. The number of anilines is 1. The maximum atomic E-state index is 13.5. The van der Waals surface area contributed by atoms with Gasteiger partial charge in [0.15, 0.2) is 0 Å². The van der Waals surface area contributed by atoms with Crippen LogP contribution in [0.2, 0.25) is 10.0 Å². The van der Waals surface area contributed by atoms with Gasteiger partial charge < -0.3 is 5.32 Å². The summed E-state index contributed by atoms with van der Waals surface area (Å²) in [5.74, 6) is -0.272. The van der Waals surface area contributed by atoms with E-state index in [1.807, 2.05) is 25.1 Å². The zero-order chi connectivity index (χ0) is 13.1. The van der Waals surface area contributed by atoms with Crippen LogP contribution in [-0.2, 0) is 6.54 Å². The second kappa shape index (κ2) is 5.59. The summed E-state index contributed by atoms with van der Waals surface area (Å²) in [6.07, 6.45) is 0. The molecule has 2 aromatic carbocycles. The zero-order valence-electron chi connectivity index (χ0n) is 9.81. The molecule has 0 saturated carbocycles. The molecule has 1 nitrogen and oxygen atoms in total. The molecule has 18 heavy (non-hydrogen) atoms. The molecule has 2 rings (SSSR count). The molecule has 0 aliphatic rings. The number of hydrogen-bond donors (Lipinski definition) is 1. The van der Waals surface area contributed by atoms with Crippen LogP contribution in [0.3, 0.4) is 0 Å². The highest BCUT2D eigenvalue weighted by molar-refractivity contribution is 6.31. The van der Waals surface area contributed by atoms with E-state index in [9.17, 15) is 4.39 Å². The Hall–Kier alpha value is -1.25. The molecule has 0 bridgehead atoms. The van der Waals surface area contributed by atoms with Crippen molar-refractivity contribution in [3.05, 3.63) is 63.4 Å². The van der Waals surface area contributed by atoms with Crippen LogP contribution in [0.15, 0.2) is 36.4 Å². The van der Waals surface area contributed by atoms with Gasteiger partial charge in [0.1, 0.15) is 5.82 Å². The molecule has 4 heteroatoms. The van der Waals surface area contributed by atoms with E-state index in [1.165, 1.54) is 12.1 Å². The molecule has 0 atom stereocenters. The van der Waals surface area contributed by atoms with Crippen LogP contribution in [0.4, 0.5) is 10.1 Å². The molecule has 0 radical (unpaired) electrons. The molecule has 0 amide bonds. The average Bonchev–Trinajstić information content (AvgIpc) is 2.35. The highest BCUT2D eigenvalue weighted by atomic mass is 35.5. The van der Waals surface area contributed by atoms with Crippen molar-refractivity contribution in [2.24, 2.45) is 0 Å². The fourth-order valence-corrected chi connectivity index (χ4v) is 2.04. The van der Waals surface area contributed by atoms with Gasteiger partial charge in [-0.25, -0.2) is 4.39 Å². The molecule has 0 unspecified atom stereocenters. The van der Waals surface area contributed by atoms with E-state index < -0.39 is 0 Å². The van der Waals surface area contributed by atoms with Crippen LogP contribution in [0.5, 0.6) is 0 Å². The van der Waals surface area contributed by atoms with E-state index in [0.717, 1.165) is 11.3 Å². The molecule has 0 saturated heterocycles. The Balaban J connectivity index is 2.16. The van der Waals surface area contributed by atoms with Crippen LogP contribution in [0.1, 0.15) is 11.1 Å². The Morgan fingerprint density at radius 2 is 1.94 bits per heavy atom. The molecule has 0 aliphatic heterocycles. The van der Waals surface area contributed by atoms with Gasteiger partial charge in [-0.2, -0.15) is 0 Å². The molecule has 0 aliphatic carbocycles. The smallest absolute Gasteiger partial charge is 0.128 e. The van der Waals surface area contributed by atoms with Crippen molar-refractivity contribution in [1.82, 2.24) is 0 Å². The Labute approximate surface area is 116 Å². The minimum Gasteiger partial charge on any atom is -0.381 e. The minimum absolute atomic E-state index is 0.272. The van der Waals surface area contributed by atoms with Crippen LogP contribution < -0.4 is 5.32 Å². The minimum atomic E-state index is -0.272. The number of nitrogens with one attached hydrogen (secondary N) is 1. The molecule has 0 spiro atoms. The van der Waals surface area contributed by atoms with Gasteiger partial charge in [0.05, 0.1) is 0 Å². The third-order valence-corrected chi connectivity index (χ3v) is 3.39. The van der Waals surface area contributed by atoms with E-state index in [4.69, 9.17) is 23.2 Å². The third-order valence-electron chi connectivity index (χ3n) is 2.74. The van der Waals surface area contributed by atoms with Crippen molar-refractivity contribution in [2.45, 2.75) is 13.5 Å². The van der Waals surface area contributed by atoms with Gasteiger partial charge >= 0.3 is 0 Å². The lowest BCUT2D eigenvalue weighted by molar-refractivity contribution is 0.613. The predicted molar refractivity (Wildman–Crippen MR) is 74.9 cm³/mol. The predicted octanol–water partition coefficient (Wildman–Crippen LogP) is 5.05. The van der Waals surface area contributed by atoms with Gasteiger partial charge in [-0.1, -0.05) is 29.3 Å². The maximum Gasteiger partial charge on any atom is 0.128 e. The van der Waals surface area contributed by atoms with Crippen molar-refractivity contribution in [3.63, 3.8) is 0 Å². The van der Waals surface area contributed by atoms with Gasteiger partial charge in [-0.3, -0.25) is 0 Å². The highest BCUT2D eigenvalue weighted by Gasteiger charge is 2.05. The summed E-state index contributed by atoms with van der Waals surface area (Å²) in [6, 6.07) is 10.1. The fourth-order valence-electron chi connectivity index (χ4n) is 1.67. The Morgan fingerprint density at radius 1 is 1.17 bits per heavy atom. The Morgan fingerprint density at radius 3 is 2.72 bits per heavy atom. The molecule has 0 heterocycles. The first-order valence-electron chi connectivity index (χ1n) is 5.51. The Kier molecular flexibility index (Phi) is 4.10. The summed E-state index contributed by atoms with van der Waals surface area (Å²) in [5, 5.41) is 4.37. The van der Waals surface area contributed by atoms with Crippen LogP contribution in [0, 0.1) is 12.7 Å². The van der Waals surface area contributed by atoms with E-state index >= 15 is 0 Å². The van der Waals surface area contributed by atoms with E-state index in [2.05, 4.69) is 5.32 Å². The molecule has 94 valence electrons. The molecule has 0 fully saturated rings. The summed E-state index contributed by atoms with van der Waals surface area (Å²) in [4.78, 5) is 0. The lowest BCUT2D eigenvalue weighted by Gasteiger charge is -2.11. The van der Waals surface area contributed by atoms with Gasteiger partial charge in [-0.05, 0) is 42.8 Å². The second-order valence-corrected chi connectivity index (χ2v) is 4.85. The number of rotatable bonds is 3. The van der Waals surface area contributed by atoms with Gasteiger partial charge in [0.2, 0.25) is 0 Å². The van der Waals surface area contributed by atoms with Crippen molar-refractivity contribution in [1.29, 1.82) is 0 Å². The Bertz CT molecular complexity index is 568. The SMILES string of the molecule is Cc1c(Cl)cccc1NCc1cc(Cl)ccc1F. The topological polar surface area (TPSA) is 12.0 Å². The first-order chi connectivity index (χ1) is 8.58. The quantitative estimate of drug-likeness (QED) is 0.831. The highest BCUT2D eigenvalue weighted by Crippen LogP contribution is 2.24. The van der Waals surface area contributed by atoms with E-state index in [0.29, 0.717) is 22.2 Å². The lowest BCUT2D eigenvalue weighted by Crippen LogP contribution is -2.03. The fraction of sp³-hybridized carbons (Fsp3) is 0.143. The summed E-state index contributed by atoms with van der Waals surface area (Å²) >= 11 is 11.9. The summed E-state index contributed by atoms with van der Waals surface area (Å²) in [7, 11) is 0. The standard InChI is InChI=1S/C14H12Cl2FN/c1-9-12(16)3-2-4-14(9)18-8-10-7-11(15)5-6-13(10)17/h2-7,18H,8H2,1H3. The molecule has 0 aromatic heterocycles. The molecular formula is C14H12Cl2FN. The van der Waals surface area contributed by atoms with Crippen molar-refractivity contribution in [3.8, 4) is 0 Å². The number of hydrogen-bond acceptors (Lipinski definition) is 1. The summed E-state index contributed by atoms with van der Waals surface area (Å²) in [5.41, 5.74) is 2.37. The van der Waals surface area contributed by atoms with Crippen molar-refractivity contribution < 1.29 is 4.39 Å². The zero-order valence-corrected chi connectivity index (χ0v) is 11.3. The van der Waals surface area contributed by atoms with Crippen molar-refractivity contribution in [2.75, 3.05) is 5.32 Å². The first kappa shape index (κ1) is 13.2. The largest absolute Gasteiger partial charge is 0.381 e. The van der Waals surface area contributed by atoms with Crippen LogP contribution >= 0.6 is 23.2 Å². The van der Waals surface area contributed by atoms with Crippen LogP contribution in [-0.4, -0.2) is 0 Å². The van der Waals surface area contributed by atoms with Gasteiger partial charge in [0, 0.05) is 27.8 Å². The van der Waals surface area contributed by atoms with Crippen molar-refractivity contribution >= 4 is 28.9 Å². The van der Waals surface area contributed by atoms with E-state index in [1.54, 1.807) is 6.07 Å². The normalized spacial score (nSPS) is 10.4. The first-order valence-corrected chi connectivity index (χ1v) is 6.26. The lowest BCUT2D eigenvalue weighted by atomic mass is 10.1.